The van der Waals surface area contributed by atoms with E-state index in [1.165, 1.54) is 0 Å². The molecule has 1 N–H and O–H groups in total. The van der Waals surface area contributed by atoms with Gasteiger partial charge in [0.2, 0.25) is 0 Å². The van der Waals surface area contributed by atoms with E-state index >= 15 is 0 Å². The van der Waals surface area contributed by atoms with Crippen molar-refractivity contribution in [1.29, 1.82) is 0 Å². The van der Waals surface area contributed by atoms with E-state index < -0.39 is 18.8 Å². The molecule has 1 aromatic rings. The Kier molecular flexibility index (Phi) is 4.90. The molecule has 0 saturated carbocycles. The maximum absolute atomic E-state index is 12.4. The lowest BCUT2D eigenvalue weighted by atomic mass is 10.1. The number of hydrogen-bond donors (Lipinski definition) is 1. The van der Waals surface area contributed by atoms with Crippen LogP contribution in [-0.4, -0.2) is 48.5 Å². The Morgan fingerprint density at radius 2 is 2.20 bits per heavy atom. The molecule has 3 nitrogen and oxygen atoms in total. The first-order valence-corrected chi connectivity index (χ1v) is 6.58. The molecule has 0 aromatic heterocycles. The molecule has 1 heterocycles. The number of halogens is 4. The van der Waals surface area contributed by atoms with E-state index in [1.54, 1.807) is 23.1 Å². The van der Waals surface area contributed by atoms with Crippen LogP contribution in [-0.2, 0) is 4.74 Å². The van der Waals surface area contributed by atoms with Crippen LogP contribution in [0.1, 0.15) is 11.7 Å². The van der Waals surface area contributed by atoms with E-state index in [2.05, 4.69) is 0 Å². The highest BCUT2D eigenvalue weighted by atomic mass is 35.5. The smallest absolute Gasteiger partial charge is 0.382 e. The molecule has 1 saturated heterocycles. The molecule has 0 bridgehead atoms. The van der Waals surface area contributed by atoms with Crippen LogP contribution in [0, 0.1) is 0 Å². The number of ether oxygens (including phenoxy) is 1. The number of hydrogen-bond acceptors (Lipinski definition) is 3. The van der Waals surface area contributed by atoms with Gasteiger partial charge in [-0.05, 0) is 17.7 Å². The highest BCUT2D eigenvalue weighted by molar-refractivity contribution is 6.30. The SMILES string of the molecule is OC(CN1CCOC(c2cccc(Cl)c2)C1)C(F)(F)F. The van der Waals surface area contributed by atoms with E-state index in [1.807, 2.05) is 6.07 Å². The molecule has 1 aromatic carbocycles. The molecule has 1 aliphatic heterocycles. The number of benzene rings is 1. The van der Waals surface area contributed by atoms with Gasteiger partial charge in [-0.2, -0.15) is 13.2 Å². The van der Waals surface area contributed by atoms with Gasteiger partial charge in [0, 0.05) is 24.7 Å². The summed E-state index contributed by atoms with van der Waals surface area (Å²) in [6.45, 7) is 0.545. The summed E-state index contributed by atoms with van der Waals surface area (Å²) in [5.74, 6) is 0. The van der Waals surface area contributed by atoms with E-state index in [0.29, 0.717) is 24.7 Å². The van der Waals surface area contributed by atoms with Gasteiger partial charge in [0.25, 0.3) is 0 Å². The van der Waals surface area contributed by atoms with Gasteiger partial charge >= 0.3 is 6.18 Å². The second kappa shape index (κ2) is 6.30. The molecule has 2 atom stereocenters. The first-order valence-electron chi connectivity index (χ1n) is 6.20. The standard InChI is InChI=1S/C13H15ClF3NO2/c14-10-3-1-2-9(6-10)11-7-18(4-5-20-11)8-12(19)13(15,16)17/h1-3,6,11-12,19H,4-5,7-8H2. The highest BCUT2D eigenvalue weighted by Gasteiger charge is 2.39. The summed E-state index contributed by atoms with van der Waals surface area (Å²) in [7, 11) is 0. The van der Waals surface area contributed by atoms with Gasteiger partial charge in [0.15, 0.2) is 6.10 Å². The molecule has 0 radical (unpaired) electrons. The minimum atomic E-state index is -4.59. The Labute approximate surface area is 119 Å². The van der Waals surface area contributed by atoms with Crippen molar-refractivity contribution in [3.05, 3.63) is 34.9 Å². The molecule has 2 rings (SSSR count). The lowest BCUT2D eigenvalue weighted by molar-refractivity contribution is -0.211. The van der Waals surface area contributed by atoms with Crippen LogP contribution < -0.4 is 0 Å². The fourth-order valence-electron chi connectivity index (χ4n) is 2.12. The molecule has 0 aliphatic carbocycles. The quantitative estimate of drug-likeness (QED) is 0.932. The van der Waals surface area contributed by atoms with Crippen molar-refractivity contribution in [2.45, 2.75) is 18.4 Å². The first-order chi connectivity index (χ1) is 9.36. The van der Waals surface area contributed by atoms with Crippen molar-refractivity contribution in [3.63, 3.8) is 0 Å². The summed E-state index contributed by atoms with van der Waals surface area (Å²) < 4.78 is 42.6. The van der Waals surface area contributed by atoms with Crippen molar-refractivity contribution in [1.82, 2.24) is 4.90 Å². The van der Waals surface area contributed by atoms with E-state index in [0.717, 1.165) is 5.56 Å². The van der Waals surface area contributed by atoms with Crippen molar-refractivity contribution < 1.29 is 23.0 Å². The summed E-state index contributed by atoms with van der Waals surface area (Å²) in [5, 5.41) is 9.66. The van der Waals surface area contributed by atoms with Gasteiger partial charge in [-0.15, -0.1) is 0 Å². The molecule has 7 heteroatoms. The lowest BCUT2D eigenvalue weighted by Crippen LogP contribution is -2.46. The molecule has 112 valence electrons. The third kappa shape index (κ3) is 4.09. The predicted molar refractivity (Wildman–Crippen MR) is 68.6 cm³/mol. The Morgan fingerprint density at radius 3 is 2.85 bits per heavy atom. The van der Waals surface area contributed by atoms with Crippen molar-refractivity contribution >= 4 is 11.6 Å². The van der Waals surface area contributed by atoms with Crippen molar-refractivity contribution in [2.75, 3.05) is 26.2 Å². The number of rotatable bonds is 3. The Morgan fingerprint density at radius 1 is 1.45 bits per heavy atom. The van der Waals surface area contributed by atoms with Crippen molar-refractivity contribution in [2.24, 2.45) is 0 Å². The second-order valence-electron chi connectivity index (χ2n) is 4.73. The van der Waals surface area contributed by atoms with Gasteiger partial charge in [-0.25, -0.2) is 0 Å². The summed E-state index contributed by atoms with van der Waals surface area (Å²) in [5.41, 5.74) is 0.823. The van der Waals surface area contributed by atoms with E-state index in [9.17, 15) is 13.2 Å². The Bertz CT molecular complexity index is 455. The second-order valence-corrected chi connectivity index (χ2v) is 5.17. The third-order valence-corrected chi connectivity index (χ3v) is 3.42. The van der Waals surface area contributed by atoms with Crippen LogP contribution in [0.15, 0.2) is 24.3 Å². The molecular formula is C13H15ClF3NO2. The maximum atomic E-state index is 12.4. The Balaban J connectivity index is 1.98. The van der Waals surface area contributed by atoms with Crippen LogP contribution in [0.2, 0.25) is 5.02 Å². The number of aliphatic hydroxyl groups is 1. The van der Waals surface area contributed by atoms with Crippen LogP contribution in [0.3, 0.4) is 0 Å². The van der Waals surface area contributed by atoms with Crippen LogP contribution in [0.25, 0.3) is 0 Å². The molecule has 20 heavy (non-hydrogen) atoms. The molecule has 1 fully saturated rings. The predicted octanol–water partition coefficient (Wildman–Crippen LogP) is 2.64. The monoisotopic (exact) mass is 309 g/mol. The number of aliphatic hydroxyl groups excluding tert-OH is 1. The largest absolute Gasteiger partial charge is 0.415 e. The fraction of sp³-hybridized carbons (Fsp3) is 0.538. The fourth-order valence-corrected chi connectivity index (χ4v) is 2.32. The van der Waals surface area contributed by atoms with Crippen LogP contribution in [0.5, 0.6) is 0 Å². The minimum absolute atomic E-state index is 0.299. The Hall–Kier alpha value is -0.820. The summed E-state index contributed by atoms with van der Waals surface area (Å²) in [4.78, 5) is 1.55. The van der Waals surface area contributed by atoms with E-state index in [4.69, 9.17) is 21.4 Å². The van der Waals surface area contributed by atoms with Crippen molar-refractivity contribution in [3.8, 4) is 0 Å². The van der Waals surface area contributed by atoms with Gasteiger partial charge in [-0.3, -0.25) is 4.90 Å². The lowest BCUT2D eigenvalue weighted by Gasteiger charge is -2.34. The molecular weight excluding hydrogens is 295 g/mol. The minimum Gasteiger partial charge on any atom is -0.382 e. The van der Waals surface area contributed by atoms with Gasteiger partial charge < -0.3 is 9.84 Å². The number of β-amino-alcohol motifs (C(OH)–C–C–N with tert-alkyl or cyclic N) is 1. The number of alkyl halides is 3. The zero-order valence-corrected chi connectivity index (χ0v) is 11.4. The average molecular weight is 310 g/mol. The normalized spacial score (nSPS) is 22.8. The molecule has 2 unspecified atom stereocenters. The van der Waals surface area contributed by atoms with Gasteiger partial charge in [0.05, 0.1) is 12.7 Å². The van der Waals surface area contributed by atoms with E-state index in [-0.39, 0.29) is 6.10 Å². The zero-order valence-electron chi connectivity index (χ0n) is 10.6. The maximum Gasteiger partial charge on any atom is 0.415 e. The zero-order chi connectivity index (χ0) is 14.8. The topological polar surface area (TPSA) is 32.7 Å². The van der Waals surface area contributed by atoms with Crippen LogP contribution >= 0.6 is 11.6 Å². The molecule has 0 amide bonds. The first kappa shape index (κ1) is 15.6. The number of nitrogens with zero attached hydrogens (tertiary/aromatic N) is 1. The number of morpholine rings is 1. The van der Waals surface area contributed by atoms with Gasteiger partial charge in [0.1, 0.15) is 0 Å². The molecule has 1 aliphatic rings. The molecule has 0 spiro atoms. The highest BCUT2D eigenvalue weighted by Crippen LogP contribution is 2.26. The summed E-state index contributed by atoms with van der Waals surface area (Å²) in [6, 6.07) is 7.04. The average Bonchev–Trinajstić information content (AvgIpc) is 2.38. The van der Waals surface area contributed by atoms with Crippen LogP contribution in [0.4, 0.5) is 13.2 Å². The summed E-state index contributed by atoms with van der Waals surface area (Å²) >= 11 is 5.89. The van der Waals surface area contributed by atoms with Gasteiger partial charge in [-0.1, -0.05) is 23.7 Å². The third-order valence-electron chi connectivity index (χ3n) is 3.18. The summed E-state index contributed by atoms with van der Waals surface area (Å²) in [6.07, 6.45) is -7.26.